The van der Waals surface area contributed by atoms with Crippen LogP contribution in [0.1, 0.15) is 0 Å². The van der Waals surface area contributed by atoms with E-state index in [-0.39, 0.29) is 0 Å². The molecule has 246 valence electrons. The van der Waals surface area contributed by atoms with E-state index in [1.54, 1.807) is 0 Å². The van der Waals surface area contributed by atoms with Crippen molar-refractivity contribution in [2.75, 3.05) is 9.80 Å². The predicted molar refractivity (Wildman–Crippen MR) is 208 cm³/mol. The van der Waals surface area contributed by atoms with E-state index >= 15 is 0 Å². The van der Waals surface area contributed by atoms with Crippen LogP contribution in [0, 0.1) is 0 Å². The average molecular weight is 671 g/mol. The second-order valence-electron chi connectivity index (χ2n) is 12.7. The van der Waals surface area contributed by atoms with E-state index < -0.39 is 0 Å². The molecule has 0 bridgehead atoms. The van der Waals surface area contributed by atoms with Gasteiger partial charge in [0.15, 0.2) is 23.0 Å². The Hall–Kier alpha value is -7.18. The zero-order valence-electron chi connectivity index (χ0n) is 27.9. The fraction of sp³-hybridized carbons (Fsp3) is 0. The van der Waals surface area contributed by atoms with E-state index in [0.717, 1.165) is 90.5 Å². The summed E-state index contributed by atoms with van der Waals surface area (Å²) in [4.78, 5) is 13.6. The molecule has 0 N–H and O–H groups in total. The number of fused-ring (bicyclic) bond motifs is 4. The average Bonchev–Trinajstić information content (AvgIpc) is 3.22. The van der Waals surface area contributed by atoms with Crippen molar-refractivity contribution in [2.45, 2.75) is 0 Å². The van der Waals surface area contributed by atoms with Gasteiger partial charge in [-0.25, -0.2) is 0 Å². The van der Waals surface area contributed by atoms with Crippen molar-refractivity contribution in [3.63, 3.8) is 0 Å². The number of pyridine rings is 2. The third kappa shape index (κ3) is 4.96. The second-order valence-corrected chi connectivity index (χ2v) is 12.7. The van der Waals surface area contributed by atoms with E-state index in [4.69, 9.17) is 9.47 Å². The molecule has 0 saturated heterocycles. The van der Waals surface area contributed by atoms with Gasteiger partial charge in [-0.05, 0) is 107 Å². The van der Waals surface area contributed by atoms with Gasteiger partial charge >= 0.3 is 0 Å². The van der Waals surface area contributed by atoms with Gasteiger partial charge in [0.1, 0.15) is 0 Å². The molecule has 0 spiro atoms. The van der Waals surface area contributed by atoms with Gasteiger partial charge in [0.2, 0.25) is 0 Å². The van der Waals surface area contributed by atoms with Crippen molar-refractivity contribution in [1.82, 2.24) is 9.97 Å². The predicted octanol–water partition coefficient (Wildman–Crippen LogP) is 12.6. The summed E-state index contributed by atoms with van der Waals surface area (Å²) in [6.45, 7) is 0. The van der Waals surface area contributed by atoms with Gasteiger partial charge in [0, 0.05) is 47.3 Å². The first-order chi connectivity index (χ1) is 25.8. The number of benzene rings is 6. The monoisotopic (exact) mass is 670 g/mol. The Balaban J connectivity index is 1.01. The Kier molecular flexibility index (Phi) is 7.03. The highest BCUT2D eigenvalue weighted by atomic mass is 16.5. The van der Waals surface area contributed by atoms with Crippen LogP contribution in [-0.4, -0.2) is 9.97 Å². The third-order valence-electron chi connectivity index (χ3n) is 9.67. The molecule has 0 atom stereocenters. The Morgan fingerprint density at radius 2 is 0.654 bits per heavy atom. The van der Waals surface area contributed by atoms with Crippen molar-refractivity contribution in [3.8, 4) is 56.4 Å². The lowest BCUT2D eigenvalue weighted by Crippen LogP contribution is -2.15. The van der Waals surface area contributed by atoms with Crippen molar-refractivity contribution in [3.05, 3.63) is 183 Å². The molecule has 2 aliphatic rings. The van der Waals surface area contributed by atoms with E-state index in [1.165, 1.54) is 0 Å². The highest BCUT2D eigenvalue weighted by Gasteiger charge is 2.27. The van der Waals surface area contributed by atoms with E-state index in [9.17, 15) is 0 Å². The van der Waals surface area contributed by atoms with Crippen molar-refractivity contribution in [2.24, 2.45) is 0 Å². The van der Waals surface area contributed by atoms with Gasteiger partial charge in [0.05, 0.1) is 22.7 Å². The first-order valence-corrected chi connectivity index (χ1v) is 17.2. The van der Waals surface area contributed by atoms with Crippen LogP contribution in [0.25, 0.3) is 33.4 Å². The van der Waals surface area contributed by atoms with E-state index in [2.05, 4.69) is 105 Å². The fourth-order valence-corrected chi connectivity index (χ4v) is 7.26. The fourth-order valence-electron chi connectivity index (χ4n) is 7.26. The van der Waals surface area contributed by atoms with E-state index in [1.807, 2.05) is 97.6 Å². The molecule has 0 amide bonds. The standard InChI is InChI=1S/C46H30N4O2/c1-5-13-43-39(9-1)49(40-10-2-6-14-44(40)51-43)33-21-17-31(18-22-33)37-29-47-27-25-35(37)36-26-28-48-30-38(36)32-19-23-34(24-20-32)50-41-11-3-7-15-45(41)52-46-16-8-4-12-42(46)50/h1-30H. The SMILES string of the molecule is c1ccc2c(c1)Oc1ccccc1N2c1ccc(-c2cnccc2-c2ccncc2-c2ccc(N3c4ccccc4Oc4ccccc43)cc2)cc1. The van der Waals surface area contributed by atoms with Gasteiger partial charge in [0.25, 0.3) is 0 Å². The third-order valence-corrected chi connectivity index (χ3v) is 9.67. The van der Waals surface area contributed by atoms with Gasteiger partial charge in [-0.15, -0.1) is 0 Å². The summed E-state index contributed by atoms with van der Waals surface area (Å²) < 4.78 is 12.5. The Labute approximate surface area is 301 Å². The number of para-hydroxylation sites is 8. The molecular formula is C46H30N4O2. The molecule has 6 aromatic carbocycles. The van der Waals surface area contributed by atoms with Gasteiger partial charge in [-0.1, -0.05) is 72.8 Å². The second kappa shape index (κ2) is 12.3. The molecule has 52 heavy (non-hydrogen) atoms. The molecular weight excluding hydrogens is 641 g/mol. The van der Waals surface area contributed by atoms with Crippen LogP contribution < -0.4 is 19.3 Å². The maximum absolute atomic E-state index is 6.24. The van der Waals surface area contributed by atoms with Crippen molar-refractivity contribution < 1.29 is 9.47 Å². The van der Waals surface area contributed by atoms with Gasteiger partial charge in [-0.3, -0.25) is 9.97 Å². The topological polar surface area (TPSA) is 50.7 Å². The highest BCUT2D eigenvalue weighted by molar-refractivity contribution is 5.93. The first kappa shape index (κ1) is 29.7. The Bertz CT molecular complexity index is 2330. The van der Waals surface area contributed by atoms with Crippen molar-refractivity contribution >= 4 is 34.1 Å². The molecule has 0 radical (unpaired) electrons. The molecule has 2 aliphatic heterocycles. The van der Waals surface area contributed by atoms with Gasteiger partial charge < -0.3 is 19.3 Å². The number of rotatable bonds is 5. The summed E-state index contributed by atoms with van der Waals surface area (Å²) in [5.74, 6) is 3.32. The number of ether oxygens (including phenoxy) is 2. The zero-order valence-corrected chi connectivity index (χ0v) is 27.9. The molecule has 6 heteroatoms. The number of hydrogen-bond acceptors (Lipinski definition) is 6. The molecule has 2 aromatic heterocycles. The normalized spacial score (nSPS) is 12.5. The Morgan fingerprint density at radius 3 is 1.00 bits per heavy atom. The molecule has 0 aliphatic carbocycles. The Morgan fingerprint density at radius 1 is 0.327 bits per heavy atom. The summed E-state index contributed by atoms with van der Waals surface area (Å²) in [5.41, 5.74) is 12.5. The lowest BCUT2D eigenvalue weighted by atomic mass is 9.91. The molecule has 6 nitrogen and oxygen atoms in total. The van der Waals surface area contributed by atoms with Crippen molar-refractivity contribution in [1.29, 1.82) is 0 Å². The summed E-state index contributed by atoms with van der Waals surface area (Å²) in [6, 6.07) is 54.1. The van der Waals surface area contributed by atoms with Crippen LogP contribution in [-0.2, 0) is 0 Å². The minimum Gasteiger partial charge on any atom is -0.453 e. The van der Waals surface area contributed by atoms with Crippen LogP contribution in [0.3, 0.4) is 0 Å². The van der Waals surface area contributed by atoms with Crippen LogP contribution in [0.2, 0.25) is 0 Å². The number of nitrogens with zero attached hydrogens (tertiary/aromatic N) is 4. The first-order valence-electron chi connectivity index (χ1n) is 17.2. The van der Waals surface area contributed by atoms with E-state index in [0.29, 0.717) is 0 Å². The minimum atomic E-state index is 0.831. The molecule has 0 fully saturated rings. The van der Waals surface area contributed by atoms with Crippen LogP contribution in [0.4, 0.5) is 34.1 Å². The van der Waals surface area contributed by atoms with Crippen LogP contribution in [0.15, 0.2) is 183 Å². The lowest BCUT2D eigenvalue weighted by molar-refractivity contribution is 0.477. The number of anilines is 6. The van der Waals surface area contributed by atoms with Crippen LogP contribution >= 0.6 is 0 Å². The molecule has 0 saturated carbocycles. The minimum absolute atomic E-state index is 0.831. The number of aromatic nitrogens is 2. The number of hydrogen-bond donors (Lipinski definition) is 0. The zero-order chi connectivity index (χ0) is 34.4. The lowest BCUT2D eigenvalue weighted by Gasteiger charge is -2.32. The summed E-state index contributed by atoms with van der Waals surface area (Å²) >= 11 is 0. The largest absolute Gasteiger partial charge is 0.453 e. The maximum atomic E-state index is 6.24. The maximum Gasteiger partial charge on any atom is 0.151 e. The summed E-state index contributed by atoms with van der Waals surface area (Å²) in [6.07, 6.45) is 7.61. The molecule has 0 unspecified atom stereocenters. The quantitative estimate of drug-likeness (QED) is 0.182. The highest BCUT2D eigenvalue weighted by Crippen LogP contribution is 2.52. The summed E-state index contributed by atoms with van der Waals surface area (Å²) in [7, 11) is 0. The molecule has 10 rings (SSSR count). The van der Waals surface area contributed by atoms with Crippen LogP contribution in [0.5, 0.6) is 23.0 Å². The van der Waals surface area contributed by atoms with Gasteiger partial charge in [-0.2, -0.15) is 0 Å². The molecule has 8 aromatic rings. The molecule has 4 heterocycles. The summed E-state index contributed by atoms with van der Waals surface area (Å²) in [5, 5.41) is 0. The smallest absolute Gasteiger partial charge is 0.151 e.